The molecule has 10 heteroatoms. The Labute approximate surface area is 122 Å². The Balaban J connectivity index is 3.29. The van der Waals surface area contributed by atoms with E-state index in [9.17, 15) is 22.8 Å². The molecule has 2 N–H and O–H groups in total. The van der Waals surface area contributed by atoms with Gasteiger partial charge in [-0.1, -0.05) is 6.92 Å². The summed E-state index contributed by atoms with van der Waals surface area (Å²) < 4.78 is 44.4. The number of alkyl halides is 3. The number of halogens is 3. The van der Waals surface area contributed by atoms with Crippen LogP contribution in [0.2, 0.25) is 0 Å². The zero-order chi connectivity index (χ0) is 16.3. The second-order valence-corrected chi connectivity index (χ2v) is 4.92. The largest absolute Gasteiger partial charge is 0.466 e. The van der Waals surface area contributed by atoms with Gasteiger partial charge in [0.15, 0.2) is 5.13 Å². The molecule has 0 aliphatic rings. The molecule has 0 fully saturated rings. The van der Waals surface area contributed by atoms with Gasteiger partial charge in [0, 0.05) is 11.8 Å². The van der Waals surface area contributed by atoms with E-state index >= 15 is 0 Å². The average Bonchev–Trinajstić information content (AvgIpc) is 2.80. The van der Waals surface area contributed by atoms with Gasteiger partial charge < -0.3 is 15.4 Å². The predicted octanol–water partition coefficient (Wildman–Crippen LogP) is 1.82. The molecule has 1 amide bonds. The lowest BCUT2D eigenvalue weighted by Crippen LogP contribution is -2.69. The first-order valence-electron chi connectivity index (χ1n) is 5.82. The number of rotatable bonds is 5. The van der Waals surface area contributed by atoms with Crippen LogP contribution in [0.15, 0.2) is 5.38 Å². The van der Waals surface area contributed by atoms with E-state index in [2.05, 4.69) is 9.72 Å². The first kappa shape index (κ1) is 17.2. The summed E-state index contributed by atoms with van der Waals surface area (Å²) in [7, 11) is 0.801. The quantitative estimate of drug-likeness (QED) is 0.638. The van der Waals surface area contributed by atoms with Crippen LogP contribution in [-0.4, -0.2) is 35.8 Å². The van der Waals surface area contributed by atoms with E-state index in [4.69, 9.17) is 0 Å². The van der Waals surface area contributed by atoms with E-state index in [1.165, 1.54) is 12.3 Å². The van der Waals surface area contributed by atoms with Gasteiger partial charge in [0.1, 0.15) is 0 Å². The van der Waals surface area contributed by atoms with Gasteiger partial charge in [-0.3, -0.25) is 4.79 Å². The van der Waals surface area contributed by atoms with Crippen LogP contribution in [0.5, 0.6) is 0 Å². The van der Waals surface area contributed by atoms with Crippen LogP contribution in [0.25, 0.3) is 0 Å². The summed E-state index contributed by atoms with van der Waals surface area (Å²) in [5.41, 5.74) is -2.90. The SMILES string of the molecule is CCC(=O)N[C@@](Nc1nc(C)cs1)(C(=O)OC)C(F)(F)F. The Bertz CT molecular complexity index is 532. The van der Waals surface area contributed by atoms with Crippen molar-refractivity contribution in [3.8, 4) is 0 Å². The molecule has 0 saturated carbocycles. The topological polar surface area (TPSA) is 80.3 Å². The van der Waals surface area contributed by atoms with Crippen molar-refractivity contribution in [1.82, 2.24) is 10.3 Å². The monoisotopic (exact) mass is 325 g/mol. The number of anilines is 1. The molecule has 6 nitrogen and oxygen atoms in total. The Morgan fingerprint density at radius 3 is 2.43 bits per heavy atom. The maximum atomic E-state index is 13.4. The van der Waals surface area contributed by atoms with Gasteiger partial charge in [0.2, 0.25) is 5.91 Å². The molecule has 1 rings (SSSR count). The van der Waals surface area contributed by atoms with Gasteiger partial charge in [-0.25, -0.2) is 9.78 Å². The first-order chi connectivity index (χ1) is 9.66. The van der Waals surface area contributed by atoms with Gasteiger partial charge in [0.05, 0.1) is 12.8 Å². The molecule has 0 bridgehead atoms. The number of ether oxygens (including phenoxy) is 1. The number of aromatic nitrogens is 1. The first-order valence-corrected chi connectivity index (χ1v) is 6.70. The average molecular weight is 325 g/mol. The molecule has 1 heterocycles. The van der Waals surface area contributed by atoms with Crippen LogP contribution < -0.4 is 10.6 Å². The molecule has 0 radical (unpaired) electrons. The van der Waals surface area contributed by atoms with Crippen molar-refractivity contribution in [2.24, 2.45) is 0 Å². The molecule has 0 spiro atoms. The summed E-state index contributed by atoms with van der Waals surface area (Å²) in [6.45, 7) is 2.95. The van der Waals surface area contributed by atoms with E-state index < -0.39 is 23.7 Å². The van der Waals surface area contributed by atoms with E-state index in [1.807, 2.05) is 5.32 Å². The van der Waals surface area contributed by atoms with Crippen molar-refractivity contribution in [1.29, 1.82) is 0 Å². The number of methoxy groups -OCH3 is 1. The number of aryl methyl sites for hydroxylation is 1. The summed E-state index contributed by atoms with van der Waals surface area (Å²) in [6, 6.07) is 0. The number of amides is 1. The highest BCUT2D eigenvalue weighted by Gasteiger charge is 2.63. The zero-order valence-corrected chi connectivity index (χ0v) is 12.3. The van der Waals surface area contributed by atoms with Crippen molar-refractivity contribution >= 4 is 28.3 Å². The van der Waals surface area contributed by atoms with Crippen molar-refractivity contribution in [2.45, 2.75) is 32.1 Å². The fourth-order valence-electron chi connectivity index (χ4n) is 1.41. The molecule has 0 aliphatic carbocycles. The number of hydrogen-bond donors (Lipinski definition) is 2. The maximum Gasteiger partial charge on any atom is 0.442 e. The van der Waals surface area contributed by atoms with Crippen LogP contribution in [0.1, 0.15) is 19.0 Å². The molecule has 118 valence electrons. The smallest absolute Gasteiger partial charge is 0.442 e. The van der Waals surface area contributed by atoms with Crippen molar-refractivity contribution in [3.63, 3.8) is 0 Å². The lowest BCUT2D eigenvalue weighted by molar-refractivity contribution is -0.206. The highest BCUT2D eigenvalue weighted by Crippen LogP contribution is 2.34. The lowest BCUT2D eigenvalue weighted by Gasteiger charge is -2.33. The molecule has 1 atom stereocenters. The number of nitrogens with zero attached hydrogens (tertiary/aromatic N) is 1. The van der Waals surface area contributed by atoms with Gasteiger partial charge >= 0.3 is 17.8 Å². The summed E-state index contributed by atoms with van der Waals surface area (Å²) >= 11 is 0.874. The second kappa shape index (κ2) is 6.29. The minimum Gasteiger partial charge on any atom is -0.466 e. The molecule has 0 aromatic carbocycles. The molecule has 21 heavy (non-hydrogen) atoms. The molecule has 1 aromatic rings. The van der Waals surface area contributed by atoms with Crippen LogP contribution in [0.4, 0.5) is 18.3 Å². The molecule has 1 aromatic heterocycles. The third-order valence-corrected chi connectivity index (χ3v) is 3.35. The van der Waals surface area contributed by atoms with Crippen LogP contribution in [0, 0.1) is 6.92 Å². The standard InChI is InChI=1S/C11H14F3N3O3S/c1-4-7(18)16-10(8(19)20-3,11(12,13)14)17-9-15-6(2)5-21-9/h5H,4H2,1-3H3,(H,15,17)(H,16,18)/t10-/m1/s1. The Morgan fingerprint density at radius 1 is 1.43 bits per heavy atom. The van der Waals surface area contributed by atoms with E-state index in [0.29, 0.717) is 5.69 Å². The van der Waals surface area contributed by atoms with E-state index in [-0.39, 0.29) is 11.6 Å². The molecule has 0 saturated heterocycles. The summed E-state index contributed by atoms with van der Waals surface area (Å²) in [6.07, 6.45) is -5.35. The van der Waals surface area contributed by atoms with E-state index in [0.717, 1.165) is 18.4 Å². The lowest BCUT2D eigenvalue weighted by atomic mass is 10.1. The van der Waals surface area contributed by atoms with Crippen molar-refractivity contribution < 1.29 is 27.5 Å². The van der Waals surface area contributed by atoms with Crippen molar-refractivity contribution in [3.05, 3.63) is 11.1 Å². The normalized spacial score (nSPS) is 14.2. The predicted molar refractivity (Wildman–Crippen MR) is 69.7 cm³/mol. The zero-order valence-electron chi connectivity index (χ0n) is 11.5. The van der Waals surface area contributed by atoms with Crippen LogP contribution in [-0.2, 0) is 14.3 Å². The van der Waals surface area contributed by atoms with Gasteiger partial charge in [0.25, 0.3) is 0 Å². The fourth-order valence-corrected chi connectivity index (χ4v) is 2.16. The number of carbonyl (C=O) groups excluding carboxylic acids is 2. The summed E-state index contributed by atoms with van der Waals surface area (Å²) in [5, 5.41) is 4.93. The minimum atomic E-state index is -5.12. The van der Waals surface area contributed by atoms with Crippen LogP contribution in [0.3, 0.4) is 0 Å². The Hall–Kier alpha value is -1.84. The number of nitrogens with one attached hydrogen (secondary N) is 2. The number of carbonyl (C=O) groups is 2. The summed E-state index contributed by atoms with van der Waals surface area (Å²) in [5.74, 6) is -2.64. The Morgan fingerprint density at radius 2 is 2.05 bits per heavy atom. The highest BCUT2D eigenvalue weighted by atomic mass is 32.1. The number of hydrogen-bond acceptors (Lipinski definition) is 6. The third kappa shape index (κ3) is 3.63. The van der Waals surface area contributed by atoms with Gasteiger partial charge in [-0.2, -0.15) is 13.2 Å². The van der Waals surface area contributed by atoms with Crippen molar-refractivity contribution in [2.75, 3.05) is 12.4 Å². The highest BCUT2D eigenvalue weighted by molar-refractivity contribution is 7.13. The molecule has 0 unspecified atom stereocenters. The fraction of sp³-hybridized carbons (Fsp3) is 0.545. The van der Waals surface area contributed by atoms with Crippen LogP contribution >= 0.6 is 11.3 Å². The van der Waals surface area contributed by atoms with E-state index in [1.54, 1.807) is 12.2 Å². The molecular formula is C11H14F3N3O3S. The summed E-state index contributed by atoms with van der Waals surface area (Å²) in [4.78, 5) is 26.9. The maximum absolute atomic E-state index is 13.4. The minimum absolute atomic E-state index is 0.161. The van der Waals surface area contributed by atoms with Gasteiger partial charge in [-0.15, -0.1) is 11.3 Å². The van der Waals surface area contributed by atoms with Gasteiger partial charge in [-0.05, 0) is 6.92 Å². The second-order valence-electron chi connectivity index (χ2n) is 4.06. The Kier molecular flexibility index (Phi) is 5.15. The molecular weight excluding hydrogens is 311 g/mol. The molecule has 0 aliphatic heterocycles. The number of thiazole rings is 1. The third-order valence-electron chi connectivity index (χ3n) is 2.48. The number of esters is 1.